The molecule has 2 spiro atoms. The van der Waals surface area contributed by atoms with Crippen LogP contribution in [0, 0.1) is 20.2 Å². The fourth-order valence-electron chi connectivity index (χ4n) is 19.5. The van der Waals surface area contributed by atoms with Gasteiger partial charge in [-0.15, -0.1) is 0 Å². The van der Waals surface area contributed by atoms with Crippen molar-refractivity contribution in [1.29, 1.82) is 0 Å². The van der Waals surface area contributed by atoms with E-state index in [-0.39, 0.29) is 52.7 Å². The van der Waals surface area contributed by atoms with Gasteiger partial charge in [0.15, 0.2) is 24.5 Å². The SMILES string of the molecule is CN1/C(=C/C=C/C2=[N+](Cc3cccc4c(C[N+]5=C(/C=C/C=C6/N(C)c7cc(Br)c([N+](=O)[O-])cc7C67CCCCC7)C(C)(C)c6c5ccc5ccccc65)cccc34)c3ccc4ccccc4c3C2(C)C)C2(CCCCC2)c2cc([N+](=O)[O-])c(Br)cc21.O=C1C(=O)c2ccccc2C=C1SOO[O-].O=C1C(=O)c2ccccc2C=C1SOO[O-]. The number of nitro benzene ring substituents is 2. The van der Waals surface area contributed by atoms with E-state index in [1.807, 2.05) is 24.3 Å². The minimum atomic E-state index is -0.708. The standard InChI is InChI=1S/C74H70Br2N6O4.2C10H6O5S/c1-71(2)65(29-19-31-67-73(37-13-7-14-38-73)55-41-63(81(83)84)57(75)43-61(55)77(67)5)79(59-35-33-47-21-9-11-25-53(47)69(59)71)45-49-23-17-28-52-50(24-18-27-51(49)52)46-80-60-36-34-48-22-10-12-26-54(48)70(60)72(3,4)66(80)30-20-32-68-74(39-15-8-16-40-74)56-42-64(82(85)86)58(76)44-62(56)78(68)6;2*11-9-7-4-2-1-3-6(7)5-8(10(9)12)16-15-14-13/h9-12,17-36,41-44H,7-8,13-16,37-40,45-46H2,1-6H3;2*1-5,13H/q+2;;/p-2. The lowest BCUT2D eigenvalue weighted by molar-refractivity contribution is -0.777. The second kappa shape index (κ2) is 32.9. The van der Waals surface area contributed by atoms with Gasteiger partial charge >= 0.3 is 0 Å². The van der Waals surface area contributed by atoms with E-state index in [9.17, 15) is 49.9 Å². The first kappa shape index (κ1) is 81.0. The van der Waals surface area contributed by atoms with Gasteiger partial charge in [-0.3, -0.25) is 49.5 Å². The number of hydrogen-bond acceptors (Lipinski definition) is 18. The third-order valence-electron chi connectivity index (χ3n) is 24.8. The van der Waals surface area contributed by atoms with Gasteiger partial charge in [-0.2, -0.15) is 17.8 Å². The highest BCUT2D eigenvalue weighted by molar-refractivity contribution is 9.11. The summed E-state index contributed by atoms with van der Waals surface area (Å²) in [6, 6.07) is 61.3. The van der Waals surface area contributed by atoms with Crippen LogP contribution in [0.4, 0.5) is 34.1 Å². The summed E-state index contributed by atoms with van der Waals surface area (Å²) in [4.78, 5) is 75.0. The Morgan fingerprint density at radius 1 is 0.466 bits per heavy atom. The maximum absolute atomic E-state index is 12.3. The largest absolute Gasteiger partial charge is 0.691 e. The monoisotopic (exact) mass is 1740 g/mol. The van der Waals surface area contributed by atoms with Crippen molar-refractivity contribution in [3.8, 4) is 0 Å². The summed E-state index contributed by atoms with van der Waals surface area (Å²) < 4.78 is 14.2. The summed E-state index contributed by atoms with van der Waals surface area (Å²) in [5, 5.41) is 57.6. The minimum Gasteiger partial charge on any atom is -0.691 e. The molecule has 118 heavy (non-hydrogen) atoms. The van der Waals surface area contributed by atoms with E-state index in [1.54, 1.807) is 48.5 Å². The molecule has 0 bridgehead atoms. The van der Waals surface area contributed by atoms with E-state index in [4.69, 9.17) is 0 Å². The molecular weight excluding hydrogens is 1660 g/mol. The van der Waals surface area contributed by atoms with Crippen molar-refractivity contribution in [1.82, 2.24) is 0 Å². The molecular formula is C94H80Br2N6O14S2. The summed E-state index contributed by atoms with van der Waals surface area (Å²) in [6.45, 7) is 10.8. The summed E-state index contributed by atoms with van der Waals surface area (Å²) in [5.74, 6) is -2.65. The fraction of sp³-hybridized carbons (Fsp3) is 0.234. The second-order valence-electron chi connectivity index (χ2n) is 31.8. The first-order valence-electron chi connectivity index (χ1n) is 39.0. The molecule has 8 aliphatic rings. The van der Waals surface area contributed by atoms with Crippen molar-refractivity contribution >= 4 is 169 Å². The Morgan fingerprint density at radius 3 is 1.23 bits per heavy atom. The van der Waals surface area contributed by atoms with E-state index in [0.29, 0.717) is 68.4 Å². The highest BCUT2D eigenvalue weighted by Gasteiger charge is 2.52. The normalized spacial score (nSPS) is 18.5. The Hall–Kier alpha value is -10.7. The number of ketones is 4. The van der Waals surface area contributed by atoms with Crippen molar-refractivity contribution in [3.05, 3.63) is 324 Å². The average Bonchev–Trinajstić information content (AvgIpc) is 1.58. The number of hydrogen-bond donors (Lipinski definition) is 0. The zero-order chi connectivity index (χ0) is 82.7. The van der Waals surface area contributed by atoms with Gasteiger partial charge in [0, 0.05) is 117 Å². The summed E-state index contributed by atoms with van der Waals surface area (Å²) in [6.07, 6.45) is 27.2. The van der Waals surface area contributed by atoms with E-state index in [1.165, 1.54) is 101 Å². The van der Waals surface area contributed by atoms with Crippen molar-refractivity contribution < 1.29 is 67.4 Å². The van der Waals surface area contributed by atoms with Crippen LogP contribution in [0.2, 0.25) is 0 Å². The van der Waals surface area contributed by atoms with Gasteiger partial charge in [0.25, 0.3) is 11.4 Å². The first-order chi connectivity index (χ1) is 56.9. The smallest absolute Gasteiger partial charge is 0.283 e. The number of halogens is 2. The van der Waals surface area contributed by atoms with E-state index in [2.05, 4.69) is 257 Å². The van der Waals surface area contributed by atoms with Gasteiger partial charge in [0.2, 0.25) is 34.5 Å². The Bertz CT molecular complexity index is 5830. The van der Waals surface area contributed by atoms with Gasteiger partial charge in [0.1, 0.15) is 0 Å². The lowest BCUT2D eigenvalue weighted by Gasteiger charge is -2.36. The molecule has 20 nitrogen and oxygen atoms in total. The fourth-order valence-corrected chi connectivity index (χ4v) is 21.3. The third kappa shape index (κ3) is 14.3. The number of benzene rings is 10. The molecule has 0 amide bonds. The summed E-state index contributed by atoms with van der Waals surface area (Å²) >= 11 is 7.95. The van der Waals surface area contributed by atoms with Crippen LogP contribution in [0.25, 0.3) is 44.5 Å². The van der Waals surface area contributed by atoms with Crippen LogP contribution in [0.15, 0.2) is 249 Å². The van der Waals surface area contributed by atoms with Gasteiger partial charge in [-0.05, 0) is 188 Å². The maximum atomic E-state index is 12.3. The number of carbonyl (C=O) groups excluding carboxylic acids is 4. The molecule has 0 radical (unpaired) electrons. The number of rotatable bonds is 16. The number of fused-ring (bicyclic) bond motifs is 13. The lowest BCUT2D eigenvalue weighted by Crippen LogP contribution is -2.32. The van der Waals surface area contributed by atoms with Gasteiger partial charge < -0.3 is 20.3 Å². The van der Waals surface area contributed by atoms with Gasteiger partial charge in [-0.25, -0.2) is 0 Å². The molecule has 0 N–H and O–H groups in total. The summed E-state index contributed by atoms with van der Waals surface area (Å²) in [5.41, 5.74) is 17.4. The maximum Gasteiger partial charge on any atom is 0.283 e. The van der Waals surface area contributed by atoms with E-state index >= 15 is 0 Å². The van der Waals surface area contributed by atoms with E-state index in [0.717, 1.165) is 86.7 Å². The highest BCUT2D eigenvalue weighted by Crippen LogP contribution is 2.59. The van der Waals surface area contributed by atoms with Crippen LogP contribution in [0.3, 0.4) is 0 Å². The number of carbonyl (C=O) groups is 4. The van der Waals surface area contributed by atoms with Crippen LogP contribution >= 0.6 is 55.9 Å². The van der Waals surface area contributed by atoms with Gasteiger partial charge in [0.05, 0.1) is 63.5 Å². The van der Waals surface area contributed by atoms with Crippen molar-refractivity contribution in [2.75, 3.05) is 23.9 Å². The molecule has 10 aromatic carbocycles. The zero-order valence-electron chi connectivity index (χ0n) is 65.4. The molecule has 4 aliphatic heterocycles. The number of likely N-dealkylation sites (N-methyl/N-ethyl adjacent to an activating group) is 2. The number of anilines is 2. The topological polar surface area (TPSA) is 250 Å². The van der Waals surface area contributed by atoms with Crippen molar-refractivity contribution in [3.63, 3.8) is 0 Å². The Morgan fingerprint density at radius 2 is 0.839 bits per heavy atom. The molecule has 4 heterocycles. The number of nitrogens with zero attached hydrogens (tertiary/aromatic N) is 6. The van der Waals surface area contributed by atoms with Crippen LogP contribution in [0.5, 0.6) is 0 Å². The molecule has 596 valence electrons. The van der Waals surface area contributed by atoms with Crippen molar-refractivity contribution in [2.45, 2.75) is 127 Å². The quantitative estimate of drug-likeness (QED) is 0.0218. The Labute approximate surface area is 706 Å². The predicted molar refractivity (Wildman–Crippen MR) is 465 cm³/mol. The van der Waals surface area contributed by atoms with E-state index < -0.39 is 23.1 Å². The highest BCUT2D eigenvalue weighted by atomic mass is 79.9. The molecule has 24 heteroatoms. The molecule has 0 unspecified atom stereocenters. The molecule has 4 aliphatic carbocycles. The minimum absolute atomic E-state index is 0.0274. The van der Waals surface area contributed by atoms with Crippen LogP contribution in [-0.2, 0) is 63.1 Å². The summed E-state index contributed by atoms with van der Waals surface area (Å²) in [7, 11) is 4.24. The number of Topliss-reactive ketones (excluding diaryl/α,β-unsaturated/α-hetero) is 4. The number of nitro groups is 2. The molecule has 0 atom stereocenters. The van der Waals surface area contributed by atoms with Crippen LogP contribution in [0.1, 0.15) is 157 Å². The second-order valence-corrected chi connectivity index (χ2v) is 35.0. The Kier molecular flexibility index (Phi) is 22.6. The Balaban J connectivity index is 0.000000268. The molecule has 18 rings (SSSR count). The molecule has 0 aromatic heterocycles. The third-order valence-corrected chi connectivity index (χ3v) is 27.3. The molecule has 2 fully saturated rings. The molecule has 10 aromatic rings. The van der Waals surface area contributed by atoms with Crippen molar-refractivity contribution in [2.24, 2.45) is 0 Å². The number of allylic oxidation sites excluding steroid dienone is 10. The molecule has 2 saturated carbocycles. The van der Waals surface area contributed by atoms with Crippen LogP contribution in [-0.4, -0.2) is 67.6 Å². The zero-order valence-corrected chi connectivity index (χ0v) is 70.2. The van der Waals surface area contributed by atoms with Gasteiger partial charge in [-0.1, -0.05) is 184 Å². The first-order valence-corrected chi connectivity index (χ1v) is 42.1. The predicted octanol–water partition coefficient (Wildman–Crippen LogP) is 20.6. The average molecular weight is 1740 g/mol. The molecule has 0 saturated heterocycles. The lowest BCUT2D eigenvalue weighted by atomic mass is 9.68. The van der Waals surface area contributed by atoms with Crippen LogP contribution < -0.4 is 20.3 Å².